The van der Waals surface area contributed by atoms with E-state index in [4.69, 9.17) is 0 Å². The molecule has 1 aromatic heterocycles. The number of fused-ring (bicyclic) bond motifs is 4. The van der Waals surface area contributed by atoms with Crippen molar-refractivity contribution in [3.05, 3.63) is 69.3 Å². The minimum Gasteiger partial charge on any atom is -0.285 e. The molecule has 4 nitrogen and oxygen atoms in total. The Hall–Kier alpha value is -2.75. The van der Waals surface area contributed by atoms with Crippen LogP contribution >= 0.6 is 0 Å². The molecule has 4 rings (SSSR count). The molecule has 0 fully saturated rings. The van der Waals surface area contributed by atoms with E-state index < -0.39 is 0 Å². The summed E-state index contributed by atoms with van der Waals surface area (Å²) in [6, 6.07) is 11.0. The second kappa shape index (κ2) is 3.88. The molecule has 21 heavy (non-hydrogen) atoms. The average molecular weight is 276 g/mol. The van der Waals surface area contributed by atoms with Gasteiger partial charge in [-0.05, 0) is 37.6 Å². The van der Waals surface area contributed by atoms with Crippen LogP contribution in [-0.2, 0) is 0 Å². The van der Waals surface area contributed by atoms with Gasteiger partial charge in [-0.1, -0.05) is 23.8 Å². The van der Waals surface area contributed by atoms with Crippen molar-refractivity contribution in [2.24, 2.45) is 0 Å². The summed E-state index contributed by atoms with van der Waals surface area (Å²) in [5.74, 6) is 0.0309. The number of carbonyl (C=O) groups excluding carboxylic acids is 1. The first kappa shape index (κ1) is 12.0. The van der Waals surface area contributed by atoms with Crippen molar-refractivity contribution < 1.29 is 4.79 Å². The van der Waals surface area contributed by atoms with Gasteiger partial charge in [0.15, 0.2) is 5.82 Å². The van der Waals surface area contributed by atoms with E-state index in [2.05, 4.69) is 4.98 Å². The molecule has 0 bridgehead atoms. The van der Waals surface area contributed by atoms with Crippen LogP contribution in [0.5, 0.6) is 0 Å². The molecule has 3 aromatic rings. The summed E-state index contributed by atoms with van der Waals surface area (Å²) in [5, 5.41) is 0.543. The predicted molar refractivity (Wildman–Crippen MR) is 80.2 cm³/mol. The molecule has 0 amide bonds. The molecule has 0 N–H and O–H groups in total. The Morgan fingerprint density at radius 1 is 1.05 bits per heavy atom. The van der Waals surface area contributed by atoms with Gasteiger partial charge >= 0.3 is 0 Å². The number of ketones is 1. The lowest BCUT2D eigenvalue weighted by atomic mass is 10.1. The van der Waals surface area contributed by atoms with Gasteiger partial charge in [-0.25, -0.2) is 4.98 Å². The molecule has 4 heteroatoms. The van der Waals surface area contributed by atoms with E-state index in [9.17, 15) is 9.59 Å². The molecule has 0 saturated carbocycles. The SMILES string of the molecule is Cc1ccc2nc3n(c(=O)c2c1)-c1cccc(C)c1C3=O. The summed E-state index contributed by atoms with van der Waals surface area (Å²) in [5.41, 5.74) is 3.45. The Morgan fingerprint density at radius 2 is 1.86 bits per heavy atom. The van der Waals surface area contributed by atoms with Crippen LogP contribution in [0, 0.1) is 13.8 Å². The van der Waals surface area contributed by atoms with Crippen molar-refractivity contribution in [1.82, 2.24) is 9.55 Å². The number of hydrogen-bond donors (Lipinski definition) is 0. The molecular weight excluding hydrogens is 264 g/mol. The highest BCUT2D eigenvalue weighted by molar-refractivity contribution is 6.14. The van der Waals surface area contributed by atoms with Crippen LogP contribution < -0.4 is 5.56 Å². The lowest BCUT2D eigenvalue weighted by Crippen LogP contribution is -2.21. The van der Waals surface area contributed by atoms with Crippen LogP contribution in [0.2, 0.25) is 0 Å². The van der Waals surface area contributed by atoms with E-state index in [1.54, 1.807) is 12.1 Å². The zero-order chi connectivity index (χ0) is 14.7. The topological polar surface area (TPSA) is 52.0 Å². The van der Waals surface area contributed by atoms with Gasteiger partial charge in [0.2, 0.25) is 5.78 Å². The number of rotatable bonds is 0. The third kappa shape index (κ3) is 1.47. The normalized spacial score (nSPS) is 12.6. The Kier molecular flexibility index (Phi) is 2.22. The second-order valence-electron chi connectivity index (χ2n) is 5.39. The molecule has 1 aliphatic rings. The van der Waals surface area contributed by atoms with Crippen LogP contribution in [0.3, 0.4) is 0 Å². The van der Waals surface area contributed by atoms with Gasteiger partial charge in [-0.2, -0.15) is 0 Å². The van der Waals surface area contributed by atoms with E-state index in [0.29, 0.717) is 22.2 Å². The fraction of sp³-hybridized carbons (Fsp3) is 0.118. The summed E-state index contributed by atoms with van der Waals surface area (Å²) in [4.78, 5) is 29.7. The third-order valence-electron chi connectivity index (χ3n) is 3.95. The number of aromatic nitrogens is 2. The van der Waals surface area contributed by atoms with E-state index in [1.807, 2.05) is 38.1 Å². The molecule has 2 aromatic carbocycles. The van der Waals surface area contributed by atoms with Crippen molar-refractivity contribution >= 4 is 16.7 Å². The Labute approximate surface area is 120 Å². The molecule has 0 aliphatic carbocycles. The number of carbonyl (C=O) groups is 1. The van der Waals surface area contributed by atoms with Crippen molar-refractivity contribution in [1.29, 1.82) is 0 Å². The molecule has 0 unspecified atom stereocenters. The highest BCUT2D eigenvalue weighted by atomic mass is 16.1. The van der Waals surface area contributed by atoms with Crippen LogP contribution in [0.15, 0.2) is 41.2 Å². The van der Waals surface area contributed by atoms with Crippen LogP contribution in [0.4, 0.5) is 0 Å². The Balaban J connectivity index is 2.21. The standard InChI is InChI=1S/C17H12N2O2/c1-9-6-7-12-11(8-9)17(21)19-13-5-3-4-10(2)14(13)15(20)16(19)18-12/h3-8H,1-2H3. The second-order valence-corrected chi connectivity index (χ2v) is 5.39. The first-order valence-electron chi connectivity index (χ1n) is 6.76. The summed E-state index contributed by atoms with van der Waals surface area (Å²) in [7, 11) is 0. The number of aryl methyl sites for hydroxylation is 2. The molecular formula is C17H12N2O2. The quantitative estimate of drug-likeness (QED) is 0.496. The number of benzene rings is 2. The largest absolute Gasteiger partial charge is 0.285 e. The number of hydrogen-bond acceptors (Lipinski definition) is 3. The third-order valence-corrected chi connectivity index (χ3v) is 3.95. The lowest BCUT2D eigenvalue weighted by molar-refractivity contribution is 0.103. The zero-order valence-corrected chi connectivity index (χ0v) is 11.7. The summed E-state index contributed by atoms with van der Waals surface area (Å²) in [6.45, 7) is 3.80. The predicted octanol–water partition coefficient (Wildman–Crippen LogP) is 2.55. The fourth-order valence-corrected chi connectivity index (χ4v) is 2.92. The Bertz CT molecular complexity index is 1000. The van der Waals surface area contributed by atoms with Crippen LogP contribution in [0.25, 0.3) is 16.6 Å². The van der Waals surface area contributed by atoms with Crippen molar-refractivity contribution in [3.63, 3.8) is 0 Å². The molecule has 0 saturated heterocycles. The van der Waals surface area contributed by atoms with Gasteiger partial charge in [-0.3, -0.25) is 14.2 Å². The highest BCUT2D eigenvalue weighted by Gasteiger charge is 2.31. The van der Waals surface area contributed by atoms with E-state index in [1.165, 1.54) is 4.57 Å². The zero-order valence-electron chi connectivity index (χ0n) is 11.7. The van der Waals surface area contributed by atoms with Gasteiger partial charge in [0.25, 0.3) is 5.56 Å². The molecule has 102 valence electrons. The maximum Gasteiger partial charge on any atom is 0.266 e. The van der Waals surface area contributed by atoms with Gasteiger partial charge < -0.3 is 0 Å². The average Bonchev–Trinajstić information content (AvgIpc) is 2.75. The van der Waals surface area contributed by atoms with E-state index in [0.717, 1.165) is 11.1 Å². The summed E-state index contributed by atoms with van der Waals surface area (Å²) >= 11 is 0. The maximum absolute atomic E-state index is 12.8. The van der Waals surface area contributed by atoms with Gasteiger partial charge in [-0.15, -0.1) is 0 Å². The molecule has 0 radical (unpaired) electrons. The van der Waals surface area contributed by atoms with E-state index >= 15 is 0 Å². The van der Waals surface area contributed by atoms with Gasteiger partial charge in [0.1, 0.15) is 0 Å². The smallest absolute Gasteiger partial charge is 0.266 e. The first-order valence-corrected chi connectivity index (χ1v) is 6.76. The monoisotopic (exact) mass is 276 g/mol. The van der Waals surface area contributed by atoms with E-state index in [-0.39, 0.29) is 17.2 Å². The molecule has 2 heterocycles. The molecule has 1 aliphatic heterocycles. The van der Waals surface area contributed by atoms with Gasteiger partial charge in [0, 0.05) is 0 Å². The molecule has 0 spiro atoms. The lowest BCUT2D eigenvalue weighted by Gasteiger charge is -2.06. The van der Waals surface area contributed by atoms with Crippen LogP contribution in [-0.4, -0.2) is 15.3 Å². The maximum atomic E-state index is 12.8. The summed E-state index contributed by atoms with van der Waals surface area (Å²) in [6.07, 6.45) is 0. The highest BCUT2D eigenvalue weighted by Crippen LogP contribution is 2.28. The van der Waals surface area contributed by atoms with Crippen molar-refractivity contribution in [2.75, 3.05) is 0 Å². The first-order chi connectivity index (χ1) is 10.1. The minimum atomic E-state index is -0.184. The summed E-state index contributed by atoms with van der Waals surface area (Å²) < 4.78 is 1.44. The number of nitrogens with zero attached hydrogens (tertiary/aromatic N) is 2. The van der Waals surface area contributed by atoms with Crippen molar-refractivity contribution in [3.8, 4) is 5.69 Å². The Morgan fingerprint density at radius 3 is 2.67 bits per heavy atom. The fourth-order valence-electron chi connectivity index (χ4n) is 2.92. The van der Waals surface area contributed by atoms with Crippen molar-refractivity contribution in [2.45, 2.75) is 13.8 Å². The molecule has 0 atom stereocenters. The van der Waals surface area contributed by atoms with Crippen LogP contribution in [0.1, 0.15) is 27.3 Å². The van der Waals surface area contributed by atoms with Gasteiger partial charge in [0.05, 0.1) is 22.2 Å². The minimum absolute atomic E-state index is 0.178.